The van der Waals surface area contributed by atoms with Crippen LogP contribution in [0.3, 0.4) is 0 Å². The molecule has 0 fully saturated rings. The lowest BCUT2D eigenvalue weighted by Crippen LogP contribution is -2.22. The fourth-order valence-electron chi connectivity index (χ4n) is 1.81. The topological polar surface area (TPSA) is 55.9 Å². The van der Waals surface area contributed by atoms with E-state index in [4.69, 9.17) is 5.73 Å². The van der Waals surface area contributed by atoms with Crippen LogP contribution < -0.4 is 11.1 Å². The Morgan fingerprint density at radius 1 is 1.41 bits per heavy atom. The van der Waals surface area contributed by atoms with Crippen molar-refractivity contribution in [3.05, 3.63) is 42.2 Å². The van der Waals surface area contributed by atoms with Crippen LogP contribution >= 0.6 is 0 Å². The SMILES string of the molecule is Cc1c(N)cccc1NC(C)Cn1cccn1. The lowest BCUT2D eigenvalue weighted by molar-refractivity contribution is 0.560. The molecule has 0 spiro atoms. The van der Waals surface area contributed by atoms with Crippen LogP contribution in [0.15, 0.2) is 36.7 Å². The Balaban J connectivity index is 2.03. The zero-order valence-corrected chi connectivity index (χ0v) is 10.2. The summed E-state index contributed by atoms with van der Waals surface area (Å²) in [5.74, 6) is 0. The predicted molar refractivity (Wildman–Crippen MR) is 70.9 cm³/mol. The molecule has 4 heteroatoms. The second-order valence-electron chi connectivity index (χ2n) is 4.29. The van der Waals surface area contributed by atoms with Gasteiger partial charge in [-0.3, -0.25) is 4.68 Å². The van der Waals surface area contributed by atoms with Gasteiger partial charge >= 0.3 is 0 Å². The first-order valence-electron chi connectivity index (χ1n) is 5.76. The molecule has 0 aliphatic rings. The quantitative estimate of drug-likeness (QED) is 0.792. The largest absolute Gasteiger partial charge is 0.398 e. The standard InChI is InChI=1S/C13H18N4/c1-10(9-17-8-4-7-15-17)16-13-6-3-5-12(14)11(13)2/h3-8,10,16H,9,14H2,1-2H3. The minimum atomic E-state index is 0.301. The molecule has 0 aliphatic carbocycles. The van der Waals surface area contributed by atoms with Gasteiger partial charge < -0.3 is 11.1 Å². The van der Waals surface area contributed by atoms with E-state index in [1.54, 1.807) is 6.20 Å². The van der Waals surface area contributed by atoms with Crippen LogP contribution in [0.5, 0.6) is 0 Å². The van der Waals surface area contributed by atoms with Crippen molar-refractivity contribution < 1.29 is 0 Å². The maximum absolute atomic E-state index is 5.87. The molecule has 3 N–H and O–H groups in total. The van der Waals surface area contributed by atoms with Gasteiger partial charge in [0.1, 0.15) is 0 Å². The molecule has 0 bridgehead atoms. The molecule has 4 nitrogen and oxygen atoms in total. The molecule has 0 radical (unpaired) electrons. The van der Waals surface area contributed by atoms with Gasteiger partial charge in [-0.15, -0.1) is 0 Å². The van der Waals surface area contributed by atoms with Gasteiger partial charge in [-0.25, -0.2) is 0 Å². The normalized spacial score (nSPS) is 12.4. The summed E-state index contributed by atoms with van der Waals surface area (Å²) < 4.78 is 1.92. The number of nitrogens with zero attached hydrogens (tertiary/aromatic N) is 2. The van der Waals surface area contributed by atoms with Gasteiger partial charge in [0.05, 0.1) is 6.54 Å². The van der Waals surface area contributed by atoms with E-state index in [2.05, 4.69) is 17.3 Å². The van der Waals surface area contributed by atoms with Crippen LogP contribution in [0.1, 0.15) is 12.5 Å². The van der Waals surface area contributed by atoms with Crippen molar-refractivity contribution >= 4 is 11.4 Å². The van der Waals surface area contributed by atoms with E-state index in [1.165, 1.54) is 0 Å². The number of anilines is 2. The van der Waals surface area contributed by atoms with Crippen molar-refractivity contribution in [2.75, 3.05) is 11.1 Å². The molecule has 0 saturated heterocycles. The Hall–Kier alpha value is -1.97. The average Bonchev–Trinajstić information content (AvgIpc) is 2.77. The molecule has 0 amide bonds. The minimum absolute atomic E-state index is 0.301. The van der Waals surface area contributed by atoms with Gasteiger partial charge in [-0.1, -0.05) is 6.07 Å². The first kappa shape index (κ1) is 11.5. The van der Waals surface area contributed by atoms with E-state index in [0.717, 1.165) is 23.5 Å². The molecule has 1 aromatic carbocycles. The third-order valence-corrected chi connectivity index (χ3v) is 2.80. The highest BCUT2D eigenvalue weighted by Gasteiger charge is 2.06. The molecule has 1 atom stereocenters. The van der Waals surface area contributed by atoms with Crippen molar-refractivity contribution in [3.8, 4) is 0 Å². The second-order valence-corrected chi connectivity index (χ2v) is 4.29. The third-order valence-electron chi connectivity index (χ3n) is 2.80. The summed E-state index contributed by atoms with van der Waals surface area (Å²) in [5.41, 5.74) is 8.88. The van der Waals surface area contributed by atoms with Crippen LogP contribution in [0, 0.1) is 6.92 Å². The van der Waals surface area contributed by atoms with E-state index in [-0.39, 0.29) is 0 Å². The van der Waals surface area contributed by atoms with Crippen LogP contribution in [-0.2, 0) is 6.54 Å². The fraction of sp³-hybridized carbons (Fsp3) is 0.308. The first-order valence-corrected chi connectivity index (χ1v) is 5.76. The summed E-state index contributed by atoms with van der Waals surface area (Å²) in [6, 6.07) is 8.16. The molecule has 17 heavy (non-hydrogen) atoms. The number of nitrogens with two attached hydrogens (primary N) is 1. The lowest BCUT2D eigenvalue weighted by Gasteiger charge is -2.17. The van der Waals surface area contributed by atoms with Crippen LogP contribution in [-0.4, -0.2) is 15.8 Å². The van der Waals surface area contributed by atoms with Crippen LogP contribution in [0.25, 0.3) is 0 Å². The summed E-state index contributed by atoms with van der Waals surface area (Å²) in [6.45, 7) is 4.99. The van der Waals surface area contributed by atoms with Gasteiger partial charge in [0.2, 0.25) is 0 Å². The van der Waals surface area contributed by atoms with Crippen molar-refractivity contribution in [2.45, 2.75) is 26.4 Å². The van der Waals surface area contributed by atoms with E-state index < -0.39 is 0 Å². The zero-order chi connectivity index (χ0) is 12.3. The highest BCUT2D eigenvalue weighted by Crippen LogP contribution is 2.21. The molecule has 1 heterocycles. The summed E-state index contributed by atoms with van der Waals surface area (Å²) >= 11 is 0. The number of nitrogen functional groups attached to an aromatic ring is 1. The lowest BCUT2D eigenvalue weighted by atomic mass is 10.1. The predicted octanol–water partition coefficient (Wildman–Crippen LogP) is 2.27. The number of hydrogen-bond acceptors (Lipinski definition) is 3. The van der Waals surface area contributed by atoms with Gasteiger partial charge in [0.15, 0.2) is 0 Å². The Morgan fingerprint density at radius 2 is 2.24 bits per heavy atom. The van der Waals surface area contributed by atoms with E-state index >= 15 is 0 Å². The summed E-state index contributed by atoms with van der Waals surface area (Å²) in [7, 11) is 0. The zero-order valence-electron chi connectivity index (χ0n) is 10.2. The number of nitrogens with one attached hydrogen (secondary N) is 1. The van der Waals surface area contributed by atoms with Crippen molar-refractivity contribution in [3.63, 3.8) is 0 Å². The molecular weight excluding hydrogens is 212 g/mol. The molecule has 0 saturated carbocycles. The first-order chi connectivity index (χ1) is 8.16. The monoisotopic (exact) mass is 230 g/mol. The highest BCUT2D eigenvalue weighted by atomic mass is 15.3. The molecule has 0 aliphatic heterocycles. The fourth-order valence-corrected chi connectivity index (χ4v) is 1.81. The number of benzene rings is 1. The Labute approximate surface area is 101 Å². The van der Waals surface area contributed by atoms with Gasteiger partial charge in [0, 0.05) is 29.8 Å². The van der Waals surface area contributed by atoms with Gasteiger partial charge in [0.25, 0.3) is 0 Å². The van der Waals surface area contributed by atoms with Crippen molar-refractivity contribution in [2.24, 2.45) is 0 Å². The average molecular weight is 230 g/mol. The van der Waals surface area contributed by atoms with Gasteiger partial charge in [-0.2, -0.15) is 5.10 Å². The number of rotatable bonds is 4. The Bertz CT molecular complexity index is 476. The smallest absolute Gasteiger partial charge is 0.0608 e. The maximum atomic E-state index is 5.87. The van der Waals surface area contributed by atoms with E-state index in [0.29, 0.717) is 6.04 Å². The maximum Gasteiger partial charge on any atom is 0.0608 e. The van der Waals surface area contributed by atoms with Crippen molar-refractivity contribution in [1.29, 1.82) is 0 Å². The van der Waals surface area contributed by atoms with E-state index in [9.17, 15) is 0 Å². The molecule has 1 unspecified atom stereocenters. The van der Waals surface area contributed by atoms with Crippen LogP contribution in [0.4, 0.5) is 11.4 Å². The molecule has 1 aromatic heterocycles. The molecule has 2 aromatic rings. The van der Waals surface area contributed by atoms with Gasteiger partial charge in [-0.05, 0) is 37.6 Å². The second kappa shape index (κ2) is 4.91. The number of aromatic nitrogens is 2. The Kier molecular flexibility index (Phi) is 3.32. The van der Waals surface area contributed by atoms with E-state index in [1.807, 2.05) is 42.1 Å². The summed E-state index contributed by atoms with van der Waals surface area (Å²) in [5, 5.41) is 7.64. The van der Waals surface area contributed by atoms with Crippen molar-refractivity contribution in [1.82, 2.24) is 9.78 Å². The Morgan fingerprint density at radius 3 is 2.94 bits per heavy atom. The summed E-state index contributed by atoms with van der Waals surface area (Å²) in [6.07, 6.45) is 3.75. The minimum Gasteiger partial charge on any atom is -0.398 e. The number of hydrogen-bond donors (Lipinski definition) is 2. The molecule has 90 valence electrons. The molecule has 2 rings (SSSR count). The van der Waals surface area contributed by atoms with Crippen LogP contribution in [0.2, 0.25) is 0 Å². The summed E-state index contributed by atoms with van der Waals surface area (Å²) in [4.78, 5) is 0. The highest BCUT2D eigenvalue weighted by molar-refractivity contribution is 5.62. The molecular formula is C13H18N4. The third kappa shape index (κ3) is 2.78.